The van der Waals surface area contributed by atoms with E-state index in [1.54, 1.807) is 6.92 Å². The van der Waals surface area contributed by atoms with Crippen LogP contribution in [0.15, 0.2) is 67.3 Å². The van der Waals surface area contributed by atoms with Crippen LogP contribution in [0.25, 0.3) is 0 Å². The highest BCUT2D eigenvalue weighted by atomic mass is 16.1. The monoisotopic (exact) mass is 321 g/mol. The molecule has 2 aromatic rings. The second-order valence-corrected chi connectivity index (χ2v) is 5.91. The van der Waals surface area contributed by atoms with Gasteiger partial charge in [-0.2, -0.15) is 0 Å². The Morgan fingerprint density at radius 2 is 1.71 bits per heavy atom. The van der Waals surface area contributed by atoms with Crippen LogP contribution in [-0.4, -0.2) is 18.2 Å². The van der Waals surface area contributed by atoms with Gasteiger partial charge < -0.3 is 5.32 Å². The van der Waals surface area contributed by atoms with Crippen LogP contribution in [0.1, 0.15) is 29.5 Å². The number of amides is 1. The topological polar surface area (TPSA) is 46.2 Å². The quantitative estimate of drug-likeness (QED) is 0.792. The molecular formula is C21H23NO2. The lowest BCUT2D eigenvalue weighted by atomic mass is 9.77. The van der Waals surface area contributed by atoms with Crippen molar-refractivity contribution in [1.29, 1.82) is 0 Å². The standard InChI is InChI=1S/C21H23NO2/c1-4-20(24)22-14-19(16(3)23)21(17-11-6-5-7-12-17)18-13-9-8-10-15(18)2/h4-13,19,21H,1,14H2,2-3H3,(H,22,24). The maximum atomic E-state index is 12.4. The first-order valence-electron chi connectivity index (χ1n) is 8.05. The molecule has 1 N–H and O–H groups in total. The number of benzene rings is 2. The van der Waals surface area contributed by atoms with Gasteiger partial charge in [-0.05, 0) is 36.6 Å². The first kappa shape index (κ1) is 17.7. The molecular weight excluding hydrogens is 298 g/mol. The van der Waals surface area contributed by atoms with Crippen molar-refractivity contribution in [3.05, 3.63) is 83.9 Å². The van der Waals surface area contributed by atoms with E-state index in [-0.39, 0.29) is 30.1 Å². The van der Waals surface area contributed by atoms with Gasteiger partial charge in [-0.15, -0.1) is 0 Å². The molecule has 0 bridgehead atoms. The van der Waals surface area contributed by atoms with Gasteiger partial charge in [-0.25, -0.2) is 0 Å². The molecule has 24 heavy (non-hydrogen) atoms. The van der Waals surface area contributed by atoms with Gasteiger partial charge in [-0.3, -0.25) is 9.59 Å². The second kappa shape index (κ2) is 8.25. The Bertz CT molecular complexity index is 722. The van der Waals surface area contributed by atoms with Crippen molar-refractivity contribution in [3.63, 3.8) is 0 Å². The van der Waals surface area contributed by atoms with Crippen molar-refractivity contribution in [1.82, 2.24) is 5.32 Å². The smallest absolute Gasteiger partial charge is 0.243 e. The highest BCUT2D eigenvalue weighted by Gasteiger charge is 2.29. The largest absolute Gasteiger partial charge is 0.352 e. The van der Waals surface area contributed by atoms with Gasteiger partial charge in [0.05, 0.1) is 0 Å². The zero-order valence-electron chi connectivity index (χ0n) is 14.2. The number of nitrogens with one attached hydrogen (secondary N) is 1. The Balaban J connectivity index is 2.47. The van der Waals surface area contributed by atoms with Crippen LogP contribution >= 0.6 is 0 Å². The van der Waals surface area contributed by atoms with Gasteiger partial charge in [0.25, 0.3) is 0 Å². The number of hydrogen-bond donors (Lipinski definition) is 1. The number of hydrogen-bond acceptors (Lipinski definition) is 2. The van der Waals surface area contributed by atoms with E-state index >= 15 is 0 Å². The zero-order chi connectivity index (χ0) is 17.5. The summed E-state index contributed by atoms with van der Waals surface area (Å²) in [6.45, 7) is 7.38. The average Bonchev–Trinajstić information content (AvgIpc) is 2.59. The van der Waals surface area contributed by atoms with Crippen molar-refractivity contribution in [2.24, 2.45) is 5.92 Å². The van der Waals surface area contributed by atoms with Crippen LogP contribution in [0.5, 0.6) is 0 Å². The highest BCUT2D eigenvalue weighted by Crippen LogP contribution is 2.34. The second-order valence-electron chi connectivity index (χ2n) is 5.91. The van der Waals surface area contributed by atoms with Crippen LogP contribution in [-0.2, 0) is 9.59 Å². The summed E-state index contributed by atoms with van der Waals surface area (Å²) in [6.07, 6.45) is 1.22. The Kier molecular flexibility index (Phi) is 6.07. The van der Waals surface area contributed by atoms with Gasteiger partial charge in [0.15, 0.2) is 0 Å². The molecule has 0 fully saturated rings. The fourth-order valence-electron chi connectivity index (χ4n) is 3.00. The molecule has 3 heteroatoms. The van der Waals surface area contributed by atoms with Crippen LogP contribution in [0.2, 0.25) is 0 Å². The van der Waals surface area contributed by atoms with Crippen molar-refractivity contribution in [2.75, 3.05) is 6.54 Å². The molecule has 0 aromatic heterocycles. The van der Waals surface area contributed by atoms with Gasteiger partial charge in [0.1, 0.15) is 5.78 Å². The van der Waals surface area contributed by atoms with E-state index in [2.05, 4.69) is 18.0 Å². The first-order valence-corrected chi connectivity index (χ1v) is 8.05. The number of carbonyl (C=O) groups is 2. The van der Waals surface area contributed by atoms with Crippen LogP contribution < -0.4 is 5.32 Å². The Hall–Kier alpha value is -2.68. The predicted molar refractivity (Wildman–Crippen MR) is 96.8 cm³/mol. The van der Waals surface area contributed by atoms with E-state index in [1.165, 1.54) is 6.08 Å². The third-order valence-electron chi connectivity index (χ3n) is 4.29. The molecule has 2 aromatic carbocycles. The lowest BCUT2D eigenvalue weighted by Crippen LogP contribution is -2.35. The van der Waals surface area contributed by atoms with Crippen molar-refractivity contribution >= 4 is 11.7 Å². The summed E-state index contributed by atoms with van der Waals surface area (Å²) in [7, 11) is 0. The summed E-state index contributed by atoms with van der Waals surface area (Å²) in [4.78, 5) is 23.9. The highest BCUT2D eigenvalue weighted by molar-refractivity contribution is 5.88. The van der Waals surface area contributed by atoms with Crippen LogP contribution in [0.4, 0.5) is 0 Å². The summed E-state index contributed by atoms with van der Waals surface area (Å²) < 4.78 is 0. The molecule has 0 saturated heterocycles. The van der Waals surface area contributed by atoms with Crippen LogP contribution in [0.3, 0.4) is 0 Å². The van der Waals surface area contributed by atoms with Gasteiger partial charge >= 0.3 is 0 Å². The molecule has 2 atom stereocenters. The number of ketones is 1. The number of Topliss-reactive ketones (excluding diaryl/α,β-unsaturated/α-hetero) is 1. The minimum Gasteiger partial charge on any atom is -0.352 e. The SMILES string of the molecule is C=CC(=O)NCC(C(C)=O)C(c1ccccc1)c1ccccc1C. The van der Waals surface area contributed by atoms with E-state index in [1.807, 2.05) is 55.5 Å². The number of aryl methyl sites for hydroxylation is 1. The van der Waals surface area contributed by atoms with Gasteiger partial charge in [0, 0.05) is 18.4 Å². The van der Waals surface area contributed by atoms with Crippen molar-refractivity contribution < 1.29 is 9.59 Å². The molecule has 0 aliphatic rings. The molecule has 1 amide bonds. The van der Waals surface area contributed by atoms with E-state index in [4.69, 9.17) is 0 Å². The summed E-state index contributed by atoms with van der Waals surface area (Å²) in [6, 6.07) is 18.0. The first-order chi connectivity index (χ1) is 11.5. The summed E-state index contributed by atoms with van der Waals surface area (Å²) >= 11 is 0. The molecule has 3 nitrogen and oxygen atoms in total. The van der Waals surface area contributed by atoms with Crippen molar-refractivity contribution in [2.45, 2.75) is 19.8 Å². The lowest BCUT2D eigenvalue weighted by molar-refractivity contribution is -0.121. The minimum atomic E-state index is -0.336. The third kappa shape index (κ3) is 4.19. The maximum Gasteiger partial charge on any atom is 0.243 e. The van der Waals surface area contributed by atoms with Gasteiger partial charge in [-0.1, -0.05) is 61.2 Å². The third-order valence-corrected chi connectivity index (χ3v) is 4.29. The predicted octanol–water partition coefficient (Wildman–Crippen LogP) is 3.63. The Labute approximate surface area is 143 Å². The van der Waals surface area contributed by atoms with E-state index in [0.717, 1.165) is 16.7 Å². The Morgan fingerprint density at radius 3 is 2.29 bits per heavy atom. The molecule has 0 spiro atoms. The molecule has 0 saturated carbocycles. The zero-order valence-corrected chi connectivity index (χ0v) is 14.2. The van der Waals surface area contributed by atoms with Crippen molar-refractivity contribution in [3.8, 4) is 0 Å². The number of carbonyl (C=O) groups excluding carboxylic acids is 2. The molecule has 2 rings (SSSR count). The van der Waals surface area contributed by atoms with E-state index in [9.17, 15) is 9.59 Å². The Morgan fingerprint density at radius 1 is 1.08 bits per heavy atom. The minimum absolute atomic E-state index is 0.0523. The molecule has 0 radical (unpaired) electrons. The normalized spacial score (nSPS) is 12.9. The molecule has 0 aliphatic heterocycles. The fourth-order valence-corrected chi connectivity index (χ4v) is 3.00. The van der Waals surface area contributed by atoms with Gasteiger partial charge in [0.2, 0.25) is 5.91 Å². The lowest BCUT2D eigenvalue weighted by Gasteiger charge is -2.27. The summed E-state index contributed by atoms with van der Waals surface area (Å²) in [5.41, 5.74) is 3.31. The maximum absolute atomic E-state index is 12.4. The summed E-state index contributed by atoms with van der Waals surface area (Å²) in [5, 5.41) is 2.78. The molecule has 0 aliphatic carbocycles. The molecule has 2 unspecified atom stereocenters. The average molecular weight is 321 g/mol. The molecule has 124 valence electrons. The number of rotatable bonds is 7. The van der Waals surface area contributed by atoms with E-state index < -0.39 is 0 Å². The van der Waals surface area contributed by atoms with E-state index in [0.29, 0.717) is 0 Å². The fraction of sp³-hybridized carbons (Fsp3) is 0.238. The molecule has 0 heterocycles. The summed E-state index contributed by atoms with van der Waals surface area (Å²) in [5.74, 6) is -0.651. The van der Waals surface area contributed by atoms with Crippen LogP contribution in [0, 0.1) is 12.8 Å².